The molecule has 0 aliphatic carbocycles. The molecule has 286 valence electrons. The number of hydrogen-bond acceptors (Lipinski definition) is 7. The largest absolute Gasteiger partial charge is 0.298 e. The van der Waals surface area contributed by atoms with Gasteiger partial charge in [-0.1, -0.05) is 133 Å². The van der Waals surface area contributed by atoms with Crippen LogP contribution in [0.3, 0.4) is 0 Å². The van der Waals surface area contributed by atoms with E-state index in [1.54, 1.807) is 11.3 Å². The van der Waals surface area contributed by atoms with Crippen LogP contribution in [0.25, 0.3) is 77.6 Å². The molecule has 0 fully saturated rings. The van der Waals surface area contributed by atoms with Crippen LogP contribution in [-0.2, 0) is 11.5 Å². The first-order chi connectivity index (χ1) is 29.6. The second-order valence-electron chi connectivity index (χ2n) is 14.6. The van der Waals surface area contributed by atoms with Crippen LogP contribution in [0, 0.1) is 0 Å². The Labute approximate surface area is 354 Å². The number of benzene rings is 8. The van der Waals surface area contributed by atoms with Gasteiger partial charge in [-0.25, -0.2) is 19.9 Å². The summed E-state index contributed by atoms with van der Waals surface area (Å²) in [5, 5.41) is 7.25. The molecule has 8 aromatic carbocycles. The lowest BCUT2D eigenvalue weighted by Gasteiger charge is -1.99. The van der Waals surface area contributed by atoms with Gasteiger partial charge in [-0.05, 0) is 98.1 Å². The molecular weight excluding hydrogens is 773 g/mol. The van der Waals surface area contributed by atoms with Crippen LogP contribution in [-0.4, -0.2) is 26.2 Å². The van der Waals surface area contributed by atoms with Gasteiger partial charge in [-0.15, -0.1) is 23.1 Å². The number of rotatable bonds is 3. The highest BCUT2D eigenvalue weighted by Crippen LogP contribution is 2.28. The normalized spacial score (nSPS) is 12.7. The monoisotopic (exact) mass is 808 g/mol. The number of carbonyl (C=O) groups is 1. The summed E-state index contributed by atoms with van der Waals surface area (Å²) >= 11 is 3.64. The molecule has 0 unspecified atom stereocenters. The van der Waals surface area contributed by atoms with Gasteiger partial charge >= 0.3 is 0 Å². The lowest BCUT2D eigenvalue weighted by atomic mass is 10.1. The zero-order chi connectivity index (χ0) is 40.3. The molecule has 0 amide bonds. The third-order valence-corrected chi connectivity index (χ3v) is 12.5. The van der Waals surface area contributed by atoms with E-state index in [4.69, 9.17) is 9.97 Å². The van der Waals surface area contributed by atoms with Gasteiger partial charge in [-0.2, -0.15) is 0 Å². The summed E-state index contributed by atoms with van der Waals surface area (Å²) in [7, 11) is 0. The van der Waals surface area contributed by atoms with E-state index in [0.29, 0.717) is 0 Å². The molecular formula is C53H36N4OS2. The van der Waals surface area contributed by atoms with Crippen molar-refractivity contribution in [2.45, 2.75) is 11.5 Å². The summed E-state index contributed by atoms with van der Waals surface area (Å²) in [6.07, 6.45) is 5.34. The quantitative estimate of drug-likeness (QED) is 0.166. The number of thioether (sulfide) groups is 1. The van der Waals surface area contributed by atoms with Crippen LogP contribution in [0.15, 0.2) is 176 Å². The molecule has 0 atom stereocenters. The lowest BCUT2D eigenvalue weighted by molar-refractivity contribution is 0.112. The smallest absolute Gasteiger partial charge is 0.150 e. The molecule has 0 radical (unpaired) electrons. The molecule has 0 saturated heterocycles. The Morgan fingerprint density at radius 2 is 0.733 bits per heavy atom. The maximum absolute atomic E-state index is 10.5. The third-order valence-electron chi connectivity index (χ3n) is 10.5. The van der Waals surface area contributed by atoms with Gasteiger partial charge in [0.15, 0.2) is 0 Å². The molecule has 7 heteroatoms. The third kappa shape index (κ3) is 7.88. The second-order valence-corrected chi connectivity index (χ2v) is 16.6. The standard InChI is InChI=1S/C32H20N2S.C11H8O.C10H8N2S/c1-3-9-25-17-21(13-15-23(25)7-1)19-29-31-32(34-28-12-6-5-11-27(28)33-31)30(35-29)20-22-14-16-24-8-2-4-10-26(24)18-22;12-8-9-5-6-10-3-1-2-4-11(10)7-9;1-2-4-8-7(3-1)11-9-5-13-6-10(9)12-8/h1-20H;1-8H;1-4H,5-6H2/b29-19-,30-20-;;. The first kappa shape index (κ1) is 37.2. The van der Waals surface area contributed by atoms with Crippen LogP contribution in [0.4, 0.5) is 0 Å². The minimum absolute atomic E-state index is 0.730. The van der Waals surface area contributed by atoms with Gasteiger partial charge in [0, 0.05) is 17.1 Å². The van der Waals surface area contributed by atoms with Crippen LogP contribution in [0.2, 0.25) is 0 Å². The van der Waals surface area contributed by atoms with Crippen molar-refractivity contribution in [3.63, 3.8) is 0 Å². The zero-order valence-corrected chi connectivity index (χ0v) is 34.0. The van der Waals surface area contributed by atoms with E-state index in [0.717, 1.165) is 70.9 Å². The topological polar surface area (TPSA) is 68.6 Å². The molecule has 0 spiro atoms. The van der Waals surface area contributed by atoms with E-state index in [9.17, 15) is 4.79 Å². The molecule has 0 bridgehead atoms. The maximum Gasteiger partial charge on any atom is 0.150 e. The first-order valence-corrected chi connectivity index (χ1v) is 21.7. The molecule has 1 aliphatic heterocycles. The first-order valence-electron chi connectivity index (χ1n) is 19.8. The number of fused-ring (bicyclic) bond motifs is 7. The molecule has 11 aromatic rings. The summed E-state index contributed by atoms with van der Waals surface area (Å²) in [6, 6.07) is 59.9. The van der Waals surface area contributed by atoms with E-state index in [1.807, 2.05) is 103 Å². The van der Waals surface area contributed by atoms with E-state index in [2.05, 4.69) is 107 Å². The summed E-state index contributed by atoms with van der Waals surface area (Å²) < 4.78 is 2.25. The average molecular weight is 809 g/mol. The van der Waals surface area contributed by atoms with Gasteiger partial charge in [0.2, 0.25) is 0 Å². The Balaban J connectivity index is 0.000000140. The van der Waals surface area contributed by atoms with E-state index >= 15 is 0 Å². The van der Waals surface area contributed by atoms with E-state index < -0.39 is 0 Å². The second kappa shape index (κ2) is 16.7. The number of aromatic nitrogens is 4. The summed E-state index contributed by atoms with van der Waals surface area (Å²) in [5.74, 6) is 2.04. The fourth-order valence-electron chi connectivity index (χ4n) is 7.48. The van der Waals surface area contributed by atoms with E-state index in [1.165, 1.54) is 49.4 Å². The van der Waals surface area contributed by atoms with Gasteiger partial charge in [0.1, 0.15) is 17.3 Å². The van der Waals surface area contributed by atoms with Crippen molar-refractivity contribution >= 4 is 107 Å². The van der Waals surface area contributed by atoms with Crippen molar-refractivity contribution in [2.75, 3.05) is 0 Å². The van der Waals surface area contributed by atoms with Crippen LogP contribution in [0.1, 0.15) is 32.9 Å². The fraction of sp³-hybridized carbons (Fsp3) is 0.0377. The lowest BCUT2D eigenvalue weighted by Crippen LogP contribution is -1.98. The van der Waals surface area contributed by atoms with Crippen LogP contribution >= 0.6 is 23.1 Å². The Kier molecular flexibility index (Phi) is 10.3. The van der Waals surface area contributed by atoms with Crippen LogP contribution in [0.5, 0.6) is 0 Å². The predicted octanol–water partition coefficient (Wildman–Crippen LogP) is 11.8. The molecule has 0 N–H and O–H groups in total. The Bertz CT molecular complexity index is 3340. The Morgan fingerprint density at radius 1 is 0.383 bits per heavy atom. The number of carbonyl (C=O) groups excluding carboxylic acids is 1. The van der Waals surface area contributed by atoms with Gasteiger partial charge < -0.3 is 0 Å². The average Bonchev–Trinajstić information content (AvgIpc) is 3.90. The summed E-state index contributed by atoms with van der Waals surface area (Å²) in [5.41, 5.74) is 11.2. The number of aldehydes is 1. The van der Waals surface area contributed by atoms with Crippen molar-refractivity contribution in [3.8, 4) is 0 Å². The van der Waals surface area contributed by atoms with Crippen LogP contribution < -0.4 is 9.06 Å². The number of thiophene rings is 1. The minimum atomic E-state index is 0.730. The SMILES string of the molecule is C(/c1ccc2ccccc2c1)=c1/s/c(=C\c2ccc3ccccc3c2)c2nc3ccccc3nc12.O=Cc1ccc2ccccc2c1.c1ccc2nc3c(nc2c1)CSC3. The molecule has 12 rings (SSSR count). The highest BCUT2D eigenvalue weighted by molar-refractivity contribution is 7.98. The maximum atomic E-state index is 10.5. The highest BCUT2D eigenvalue weighted by Gasteiger charge is 2.14. The van der Waals surface area contributed by atoms with Crippen molar-refractivity contribution in [2.24, 2.45) is 0 Å². The molecule has 4 heterocycles. The molecule has 3 aromatic heterocycles. The Morgan fingerprint density at radius 3 is 1.15 bits per heavy atom. The minimum Gasteiger partial charge on any atom is -0.298 e. The van der Waals surface area contributed by atoms with Gasteiger partial charge in [0.25, 0.3) is 0 Å². The van der Waals surface area contributed by atoms with Crippen molar-refractivity contribution in [3.05, 3.63) is 213 Å². The molecule has 0 saturated carbocycles. The van der Waals surface area contributed by atoms with E-state index in [-0.39, 0.29) is 0 Å². The number of nitrogens with zero attached hydrogens (tertiary/aromatic N) is 4. The van der Waals surface area contributed by atoms with Crippen molar-refractivity contribution < 1.29 is 4.79 Å². The molecule has 1 aliphatic rings. The van der Waals surface area contributed by atoms with Gasteiger partial charge in [0.05, 0.1) is 42.5 Å². The van der Waals surface area contributed by atoms with Crippen molar-refractivity contribution in [1.82, 2.24) is 19.9 Å². The predicted molar refractivity (Wildman–Crippen MR) is 253 cm³/mol. The molecule has 60 heavy (non-hydrogen) atoms. The highest BCUT2D eigenvalue weighted by atomic mass is 32.2. The fourth-order valence-corrected chi connectivity index (χ4v) is 9.54. The number of para-hydroxylation sites is 4. The van der Waals surface area contributed by atoms with Crippen molar-refractivity contribution in [1.29, 1.82) is 0 Å². The molecule has 5 nitrogen and oxygen atoms in total. The summed E-state index contributed by atoms with van der Waals surface area (Å²) in [4.78, 5) is 29.7. The number of hydrogen-bond donors (Lipinski definition) is 0. The Hall–Kier alpha value is -7.06. The summed E-state index contributed by atoms with van der Waals surface area (Å²) in [6.45, 7) is 0. The van der Waals surface area contributed by atoms with Gasteiger partial charge in [-0.3, -0.25) is 4.79 Å². The zero-order valence-electron chi connectivity index (χ0n) is 32.4.